The summed E-state index contributed by atoms with van der Waals surface area (Å²) in [7, 11) is 0. The summed E-state index contributed by atoms with van der Waals surface area (Å²) in [5, 5.41) is 19.4. The Bertz CT molecular complexity index is 512. The summed E-state index contributed by atoms with van der Waals surface area (Å²) in [6, 6.07) is 9.36. The number of nitro groups is 1. The molecule has 0 amide bonds. The summed E-state index contributed by atoms with van der Waals surface area (Å²) in [4.78, 5) is 10.1. The van der Waals surface area contributed by atoms with Crippen molar-refractivity contribution in [2.24, 2.45) is 0 Å². The van der Waals surface area contributed by atoms with Crippen LogP contribution in [0.5, 0.6) is 5.75 Å². The SMILES string of the molecule is O=[N+]([O-])c1[nH]ncc1NCCOc1ccccc1. The maximum atomic E-state index is 10.6. The van der Waals surface area contributed by atoms with Gasteiger partial charge in [-0.25, -0.2) is 0 Å². The molecule has 1 heterocycles. The Morgan fingerprint density at radius 1 is 1.39 bits per heavy atom. The Morgan fingerprint density at radius 3 is 2.89 bits per heavy atom. The zero-order valence-corrected chi connectivity index (χ0v) is 9.50. The molecule has 0 aliphatic rings. The first-order chi connectivity index (χ1) is 8.77. The summed E-state index contributed by atoms with van der Waals surface area (Å²) < 4.78 is 5.44. The Morgan fingerprint density at radius 2 is 2.17 bits per heavy atom. The Kier molecular flexibility index (Phi) is 3.75. The number of hydrogen-bond donors (Lipinski definition) is 2. The van der Waals surface area contributed by atoms with Gasteiger partial charge in [-0.15, -0.1) is 5.10 Å². The monoisotopic (exact) mass is 248 g/mol. The van der Waals surface area contributed by atoms with Crippen molar-refractivity contribution in [3.63, 3.8) is 0 Å². The van der Waals surface area contributed by atoms with Gasteiger partial charge in [0, 0.05) is 6.54 Å². The first-order valence-electron chi connectivity index (χ1n) is 5.37. The average Bonchev–Trinajstić information content (AvgIpc) is 2.84. The van der Waals surface area contributed by atoms with Gasteiger partial charge in [0.2, 0.25) is 0 Å². The number of H-pyrrole nitrogens is 1. The number of rotatable bonds is 6. The Hall–Kier alpha value is -2.57. The molecular formula is C11H12N4O3. The summed E-state index contributed by atoms with van der Waals surface area (Å²) in [6.07, 6.45) is 1.38. The summed E-state index contributed by atoms with van der Waals surface area (Å²) >= 11 is 0. The Labute approximate surface area is 103 Å². The largest absolute Gasteiger partial charge is 0.492 e. The minimum Gasteiger partial charge on any atom is -0.492 e. The third kappa shape index (κ3) is 2.97. The van der Waals surface area contributed by atoms with Gasteiger partial charge in [0.05, 0.1) is 0 Å². The van der Waals surface area contributed by atoms with Crippen molar-refractivity contribution < 1.29 is 9.66 Å². The molecule has 7 nitrogen and oxygen atoms in total. The lowest BCUT2D eigenvalue weighted by atomic mass is 10.3. The van der Waals surface area contributed by atoms with Gasteiger partial charge in [-0.05, 0) is 17.1 Å². The third-order valence-electron chi connectivity index (χ3n) is 2.23. The molecule has 0 fully saturated rings. The lowest BCUT2D eigenvalue weighted by Crippen LogP contribution is -2.11. The highest BCUT2D eigenvalue weighted by molar-refractivity contribution is 5.55. The molecule has 0 aliphatic heterocycles. The van der Waals surface area contributed by atoms with Crippen LogP contribution in [0.25, 0.3) is 0 Å². The minimum atomic E-state index is -0.520. The van der Waals surface area contributed by atoms with E-state index in [0.29, 0.717) is 18.8 Å². The lowest BCUT2D eigenvalue weighted by molar-refractivity contribution is -0.388. The molecule has 0 unspecified atom stereocenters. The second-order valence-electron chi connectivity index (χ2n) is 3.48. The van der Waals surface area contributed by atoms with Crippen molar-refractivity contribution in [2.75, 3.05) is 18.5 Å². The van der Waals surface area contributed by atoms with E-state index in [1.165, 1.54) is 6.20 Å². The van der Waals surface area contributed by atoms with E-state index in [-0.39, 0.29) is 5.82 Å². The van der Waals surface area contributed by atoms with Gasteiger partial charge in [0.25, 0.3) is 0 Å². The van der Waals surface area contributed by atoms with Crippen molar-refractivity contribution in [2.45, 2.75) is 0 Å². The molecule has 18 heavy (non-hydrogen) atoms. The molecule has 2 rings (SSSR count). The normalized spacial score (nSPS) is 10.0. The molecule has 0 bridgehead atoms. The van der Waals surface area contributed by atoms with Gasteiger partial charge < -0.3 is 20.2 Å². The maximum Gasteiger partial charge on any atom is 0.366 e. The smallest absolute Gasteiger partial charge is 0.366 e. The Balaban J connectivity index is 1.79. The van der Waals surface area contributed by atoms with E-state index in [4.69, 9.17) is 4.74 Å². The summed E-state index contributed by atoms with van der Waals surface area (Å²) in [5.41, 5.74) is 0.358. The maximum absolute atomic E-state index is 10.6. The van der Waals surface area contributed by atoms with E-state index in [9.17, 15) is 10.1 Å². The number of ether oxygens (including phenoxy) is 1. The number of para-hydroxylation sites is 1. The predicted molar refractivity (Wildman–Crippen MR) is 65.7 cm³/mol. The molecule has 0 saturated carbocycles. The van der Waals surface area contributed by atoms with Crippen molar-refractivity contribution in [1.29, 1.82) is 0 Å². The molecule has 2 aromatic rings. The van der Waals surface area contributed by atoms with Crippen molar-refractivity contribution in [3.8, 4) is 5.75 Å². The van der Waals surface area contributed by atoms with E-state index >= 15 is 0 Å². The average molecular weight is 248 g/mol. The number of aromatic nitrogens is 2. The van der Waals surface area contributed by atoms with Crippen molar-refractivity contribution >= 4 is 11.5 Å². The van der Waals surface area contributed by atoms with Gasteiger partial charge in [-0.1, -0.05) is 23.3 Å². The highest BCUT2D eigenvalue weighted by Gasteiger charge is 2.13. The molecule has 1 aromatic carbocycles. The second kappa shape index (κ2) is 5.67. The number of benzene rings is 1. The van der Waals surface area contributed by atoms with Gasteiger partial charge in [-0.3, -0.25) is 0 Å². The van der Waals surface area contributed by atoms with Crippen LogP contribution >= 0.6 is 0 Å². The number of anilines is 1. The first kappa shape index (κ1) is 11.9. The van der Waals surface area contributed by atoms with E-state index in [1.807, 2.05) is 30.3 Å². The fourth-order valence-corrected chi connectivity index (χ4v) is 1.42. The fraction of sp³-hybridized carbons (Fsp3) is 0.182. The highest BCUT2D eigenvalue weighted by atomic mass is 16.6. The third-order valence-corrected chi connectivity index (χ3v) is 2.23. The van der Waals surface area contributed by atoms with Gasteiger partial charge in [-0.2, -0.15) is 0 Å². The quantitative estimate of drug-likeness (QED) is 0.462. The van der Waals surface area contributed by atoms with E-state index in [1.54, 1.807) is 0 Å². The molecule has 7 heteroatoms. The fourth-order valence-electron chi connectivity index (χ4n) is 1.42. The molecule has 1 aromatic heterocycles. The van der Waals surface area contributed by atoms with E-state index in [2.05, 4.69) is 15.5 Å². The van der Waals surface area contributed by atoms with Crippen LogP contribution in [-0.2, 0) is 0 Å². The van der Waals surface area contributed by atoms with Crippen LogP contribution in [0, 0.1) is 10.1 Å². The molecule has 2 N–H and O–H groups in total. The lowest BCUT2D eigenvalue weighted by Gasteiger charge is -2.06. The second-order valence-corrected chi connectivity index (χ2v) is 3.48. The molecule has 0 atom stereocenters. The van der Waals surface area contributed by atoms with Gasteiger partial charge >= 0.3 is 5.82 Å². The van der Waals surface area contributed by atoms with Crippen LogP contribution in [0.3, 0.4) is 0 Å². The van der Waals surface area contributed by atoms with Gasteiger partial charge in [0.15, 0.2) is 5.69 Å². The predicted octanol–water partition coefficient (Wildman–Crippen LogP) is 1.81. The standard InChI is InChI=1S/C11H12N4O3/c16-15(17)11-10(8-13-14-11)12-6-7-18-9-4-2-1-3-5-9/h1-5,8,12H,6-7H2,(H,13,14). The molecule has 94 valence electrons. The number of nitrogens with zero attached hydrogens (tertiary/aromatic N) is 2. The zero-order valence-electron chi connectivity index (χ0n) is 9.50. The minimum absolute atomic E-state index is 0.144. The number of nitrogens with one attached hydrogen (secondary N) is 2. The summed E-state index contributed by atoms with van der Waals surface area (Å²) in [5.74, 6) is 0.621. The van der Waals surface area contributed by atoms with E-state index in [0.717, 1.165) is 5.75 Å². The van der Waals surface area contributed by atoms with Crippen molar-refractivity contribution in [1.82, 2.24) is 10.2 Å². The van der Waals surface area contributed by atoms with Crippen LogP contribution in [0.1, 0.15) is 0 Å². The van der Waals surface area contributed by atoms with Crippen LogP contribution in [0.15, 0.2) is 36.5 Å². The van der Waals surface area contributed by atoms with E-state index < -0.39 is 4.92 Å². The number of hydrogen-bond acceptors (Lipinski definition) is 5. The van der Waals surface area contributed by atoms with Crippen LogP contribution in [0.4, 0.5) is 11.5 Å². The highest BCUT2D eigenvalue weighted by Crippen LogP contribution is 2.19. The van der Waals surface area contributed by atoms with Crippen LogP contribution in [0.2, 0.25) is 0 Å². The zero-order chi connectivity index (χ0) is 12.8. The summed E-state index contributed by atoms with van der Waals surface area (Å²) in [6.45, 7) is 0.863. The molecule has 0 radical (unpaired) electrons. The van der Waals surface area contributed by atoms with Gasteiger partial charge in [0.1, 0.15) is 18.6 Å². The molecular weight excluding hydrogens is 236 g/mol. The number of aromatic amines is 1. The molecule has 0 spiro atoms. The molecule has 0 saturated heterocycles. The van der Waals surface area contributed by atoms with Crippen LogP contribution in [-0.4, -0.2) is 28.3 Å². The van der Waals surface area contributed by atoms with Crippen molar-refractivity contribution in [3.05, 3.63) is 46.6 Å². The van der Waals surface area contributed by atoms with Crippen LogP contribution < -0.4 is 10.1 Å². The molecule has 0 aliphatic carbocycles. The first-order valence-corrected chi connectivity index (χ1v) is 5.37. The topological polar surface area (TPSA) is 93.1 Å².